The van der Waals surface area contributed by atoms with Gasteiger partial charge in [0.25, 0.3) is 0 Å². The summed E-state index contributed by atoms with van der Waals surface area (Å²) in [5.41, 5.74) is 7.16. The lowest BCUT2D eigenvalue weighted by atomic mass is 9.79. The van der Waals surface area contributed by atoms with E-state index in [2.05, 4.69) is 0 Å². The van der Waals surface area contributed by atoms with Crippen LogP contribution in [-0.2, 0) is 24.4 Å². The molecule has 0 amide bonds. The van der Waals surface area contributed by atoms with E-state index in [1.165, 1.54) is 0 Å². The number of rotatable bonds is 5. The highest BCUT2D eigenvalue weighted by Gasteiger charge is 2.38. The maximum absolute atomic E-state index is 13.4. The van der Waals surface area contributed by atoms with Gasteiger partial charge in [0, 0.05) is 5.56 Å². The third-order valence-electron chi connectivity index (χ3n) is 3.80. The molecule has 0 unspecified atom stereocenters. The molecule has 0 heterocycles. The van der Waals surface area contributed by atoms with Gasteiger partial charge in [0.2, 0.25) is 0 Å². The Kier molecular flexibility index (Phi) is 6.19. The zero-order valence-electron chi connectivity index (χ0n) is 16.2. The van der Waals surface area contributed by atoms with E-state index < -0.39 is 7.60 Å². The number of hydrogen-bond donors (Lipinski definition) is 2. The molecule has 0 saturated carbocycles. The van der Waals surface area contributed by atoms with Crippen LogP contribution >= 0.6 is 7.60 Å². The lowest BCUT2D eigenvalue weighted by molar-refractivity contribution is 0.229. The average Bonchev–Trinajstić information content (AvgIpc) is 2.39. The van der Waals surface area contributed by atoms with Crippen LogP contribution in [0.2, 0.25) is 0 Å². The average molecular weight is 357 g/mol. The minimum absolute atomic E-state index is 0.0508. The maximum Gasteiger partial charge on any atom is 0.363 e. The fraction of sp³-hybridized carbons (Fsp3) is 0.667. The van der Waals surface area contributed by atoms with E-state index >= 15 is 0 Å². The Labute approximate surface area is 146 Å². The molecule has 138 valence electrons. The summed E-state index contributed by atoms with van der Waals surface area (Å²) in [6.45, 7) is 16.0. The van der Waals surface area contributed by atoms with Crippen molar-refractivity contribution in [1.82, 2.24) is 0 Å². The number of benzene rings is 1. The van der Waals surface area contributed by atoms with Crippen LogP contribution in [0.4, 0.5) is 5.69 Å². The molecular formula is C18H32NO4P. The van der Waals surface area contributed by atoms with Gasteiger partial charge in [0.05, 0.1) is 24.2 Å². The SMILES string of the molecule is CCOP(=O)(OCC)c1c(C(C)(C)C)cc(C(C)(C)C)c(O)c1N. The molecule has 5 nitrogen and oxygen atoms in total. The van der Waals surface area contributed by atoms with Crippen LogP contribution in [0.15, 0.2) is 6.07 Å². The van der Waals surface area contributed by atoms with Gasteiger partial charge in [0.15, 0.2) is 0 Å². The van der Waals surface area contributed by atoms with Crippen molar-refractivity contribution in [1.29, 1.82) is 0 Å². The van der Waals surface area contributed by atoms with Crippen molar-refractivity contribution in [2.24, 2.45) is 0 Å². The van der Waals surface area contributed by atoms with E-state index in [0.29, 0.717) is 5.56 Å². The summed E-state index contributed by atoms with van der Waals surface area (Å²) in [6, 6.07) is 1.88. The van der Waals surface area contributed by atoms with Gasteiger partial charge in [-0.15, -0.1) is 0 Å². The lowest BCUT2D eigenvalue weighted by Gasteiger charge is -2.32. The molecule has 0 aliphatic carbocycles. The number of phenols is 1. The molecule has 0 aliphatic heterocycles. The van der Waals surface area contributed by atoms with Gasteiger partial charge in [0.1, 0.15) is 5.75 Å². The molecule has 3 N–H and O–H groups in total. The maximum atomic E-state index is 13.4. The second-order valence-corrected chi connectivity index (χ2v) is 9.87. The fourth-order valence-corrected chi connectivity index (χ4v) is 4.74. The monoisotopic (exact) mass is 357 g/mol. The summed E-state index contributed by atoms with van der Waals surface area (Å²) >= 11 is 0. The van der Waals surface area contributed by atoms with Crippen molar-refractivity contribution < 1.29 is 18.7 Å². The van der Waals surface area contributed by atoms with Crippen LogP contribution in [0.5, 0.6) is 5.75 Å². The van der Waals surface area contributed by atoms with Gasteiger partial charge in [-0.1, -0.05) is 41.5 Å². The van der Waals surface area contributed by atoms with Gasteiger partial charge in [-0.05, 0) is 36.3 Å². The van der Waals surface area contributed by atoms with Gasteiger partial charge in [-0.3, -0.25) is 4.57 Å². The Balaban J connectivity index is 3.90. The second-order valence-electron chi connectivity index (χ2n) is 7.92. The zero-order valence-corrected chi connectivity index (χ0v) is 17.1. The second kappa shape index (κ2) is 7.07. The molecule has 1 aromatic carbocycles. The molecule has 0 saturated heterocycles. The molecule has 0 radical (unpaired) electrons. The van der Waals surface area contributed by atoms with E-state index in [0.717, 1.165) is 5.56 Å². The number of nitrogens with two attached hydrogens (primary N) is 1. The highest BCUT2D eigenvalue weighted by molar-refractivity contribution is 7.62. The number of nitrogen functional groups attached to an aromatic ring is 1. The third-order valence-corrected chi connectivity index (χ3v) is 6.02. The Morgan fingerprint density at radius 1 is 1.00 bits per heavy atom. The first-order chi connectivity index (χ1) is 10.8. The number of phenolic OH excluding ortho intramolecular Hbond substituents is 1. The van der Waals surface area contributed by atoms with E-state index in [4.69, 9.17) is 14.8 Å². The molecule has 0 bridgehead atoms. The first-order valence-corrected chi connectivity index (χ1v) is 9.90. The summed E-state index contributed by atoms with van der Waals surface area (Å²) < 4.78 is 24.4. The molecule has 1 rings (SSSR count). The topological polar surface area (TPSA) is 81.8 Å². The van der Waals surface area contributed by atoms with Crippen molar-refractivity contribution in [3.8, 4) is 5.75 Å². The molecule has 1 aromatic rings. The van der Waals surface area contributed by atoms with Gasteiger partial charge in [-0.25, -0.2) is 0 Å². The third kappa shape index (κ3) is 4.14. The smallest absolute Gasteiger partial charge is 0.363 e. The fourth-order valence-electron chi connectivity index (χ4n) is 2.63. The molecule has 0 spiro atoms. The Hall–Kier alpha value is -1.03. The van der Waals surface area contributed by atoms with Crippen LogP contribution < -0.4 is 11.0 Å². The van der Waals surface area contributed by atoms with Gasteiger partial charge >= 0.3 is 7.60 Å². The first kappa shape index (κ1) is 21.0. The van der Waals surface area contributed by atoms with Crippen LogP contribution in [0.3, 0.4) is 0 Å². The standard InChI is InChI=1S/C18H32NO4P/c1-9-22-24(21,23-10-2)16-13(18(6,7)8)11-12(17(3,4)5)15(20)14(16)19/h11,20H,9-10,19H2,1-8H3. The molecular weight excluding hydrogens is 325 g/mol. The Morgan fingerprint density at radius 2 is 1.42 bits per heavy atom. The Bertz CT molecular complexity index is 632. The number of anilines is 1. The molecule has 6 heteroatoms. The number of aromatic hydroxyl groups is 1. The van der Waals surface area contributed by atoms with Crippen molar-refractivity contribution in [2.45, 2.75) is 66.2 Å². The van der Waals surface area contributed by atoms with E-state index in [9.17, 15) is 9.67 Å². The van der Waals surface area contributed by atoms with Gasteiger partial charge < -0.3 is 19.9 Å². The summed E-state index contributed by atoms with van der Waals surface area (Å²) in [4.78, 5) is 0. The van der Waals surface area contributed by atoms with Crippen LogP contribution in [0.1, 0.15) is 66.5 Å². The van der Waals surface area contributed by atoms with Crippen molar-refractivity contribution in [3.05, 3.63) is 17.2 Å². The zero-order chi connectivity index (χ0) is 18.9. The van der Waals surface area contributed by atoms with Crippen molar-refractivity contribution >= 4 is 18.6 Å². The predicted molar refractivity (Wildman–Crippen MR) is 100 cm³/mol. The van der Waals surface area contributed by atoms with Crippen molar-refractivity contribution in [2.75, 3.05) is 18.9 Å². The lowest BCUT2D eigenvalue weighted by Crippen LogP contribution is -2.29. The minimum Gasteiger partial charge on any atom is -0.505 e. The Morgan fingerprint density at radius 3 is 1.75 bits per heavy atom. The molecule has 0 aliphatic rings. The normalized spacial score (nSPS) is 13.3. The first-order valence-electron chi connectivity index (χ1n) is 8.35. The summed E-state index contributed by atoms with van der Waals surface area (Å²) in [5.74, 6) is -0.0508. The van der Waals surface area contributed by atoms with Crippen molar-refractivity contribution in [3.63, 3.8) is 0 Å². The largest absolute Gasteiger partial charge is 0.505 e. The summed E-state index contributed by atoms with van der Waals surface area (Å²) in [7, 11) is -3.63. The number of hydrogen-bond acceptors (Lipinski definition) is 5. The summed E-state index contributed by atoms with van der Waals surface area (Å²) in [5, 5.41) is 10.9. The molecule has 0 fully saturated rings. The quantitative estimate of drug-likeness (QED) is 0.462. The molecule has 24 heavy (non-hydrogen) atoms. The highest BCUT2D eigenvalue weighted by Crippen LogP contribution is 2.53. The van der Waals surface area contributed by atoms with E-state index in [1.54, 1.807) is 13.8 Å². The minimum atomic E-state index is -3.63. The molecule has 0 aromatic heterocycles. The van der Waals surface area contributed by atoms with Crippen LogP contribution in [0, 0.1) is 0 Å². The van der Waals surface area contributed by atoms with Crippen LogP contribution in [0.25, 0.3) is 0 Å². The van der Waals surface area contributed by atoms with E-state index in [-0.39, 0.29) is 40.8 Å². The summed E-state index contributed by atoms with van der Waals surface area (Å²) in [6.07, 6.45) is 0. The van der Waals surface area contributed by atoms with Crippen LogP contribution in [-0.4, -0.2) is 18.3 Å². The van der Waals surface area contributed by atoms with E-state index in [1.807, 2.05) is 47.6 Å². The predicted octanol–water partition coefficient (Wildman–Crippen LogP) is 4.46. The highest BCUT2D eigenvalue weighted by atomic mass is 31.2. The molecule has 0 atom stereocenters. The van der Waals surface area contributed by atoms with Gasteiger partial charge in [-0.2, -0.15) is 0 Å².